The minimum atomic E-state index is -0.168. The second kappa shape index (κ2) is 3.38. The van der Waals surface area contributed by atoms with Crippen LogP contribution in [0.25, 0.3) is 0 Å². The molecule has 0 atom stereocenters. The van der Waals surface area contributed by atoms with Gasteiger partial charge in [-0.05, 0) is 6.42 Å². The molecule has 0 unspecified atom stereocenters. The van der Waals surface area contributed by atoms with Crippen molar-refractivity contribution in [3.8, 4) is 0 Å². The molecule has 4 heteroatoms. The smallest absolute Gasteiger partial charge is 0.257 e. The van der Waals surface area contributed by atoms with Gasteiger partial charge in [0.25, 0.3) is 5.91 Å². The van der Waals surface area contributed by atoms with E-state index in [-0.39, 0.29) is 5.91 Å². The summed E-state index contributed by atoms with van der Waals surface area (Å²) in [5.41, 5.74) is 0.701. The van der Waals surface area contributed by atoms with Gasteiger partial charge in [0.1, 0.15) is 0 Å². The summed E-state index contributed by atoms with van der Waals surface area (Å²) in [6.45, 7) is 0.516. The van der Waals surface area contributed by atoms with Crippen LogP contribution in [-0.2, 0) is 9.59 Å². The highest BCUT2D eigenvalue weighted by Gasteiger charge is 2.25. The van der Waals surface area contributed by atoms with Crippen LogP contribution in [-0.4, -0.2) is 42.8 Å². The normalized spacial score (nSPS) is 20.3. The fraction of sp³-hybridized carbons (Fsp3) is 0.500. The fourth-order valence-corrected chi connectivity index (χ4v) is 1.17. The Morgan fingerprint density at radius 1 is 1.50 bits per heavy atom. The van der Waals surface area contributed by atoms with Gasteiger partial charge in [0.05, 0.1) is 0 Å². The molecule has 1 aliphatic heterocycles. The standard InChI is InChI=1S/C8H12N2O2/c1-9(2)5-7-3-4-10(6-11)8(7)12/h5-6H,3-4H2,1-2H3. The first-order valence-electron chi connectivity index (χ1n) is 3.78. The fourth-order valence-electron chi connectivity index (χ4n) is 1.17. The lowest BCUT2D eigenvalue weighted by Crippen LogP contribution is -2.23. The Kier molecular flexibility index (Phi) is 2.47. The van der Waals surface area contributed by atoms with Crippen molar-refractivity contribution < 1.29 is 9.59 Å². The van der Waals surface area contributed by atoms with Crippen LogP contribution in [0.15, 0.2) is 11.8 Å². The lowest BCUT2D eigenvalue weighted by atomic mass is 10.2. The Balaban J connectivity index is 2.73. The quantitative estimate of drug-likeness (QED) is 0.424. The average molecular weight is 168 g/mol. The highest BCUT2D eigenvalue weighted by molar-refractivity contribution is 6.01. The number of carbonyl (C=O) groups excluding carboxylic acids is 2. The molecule has 4 nitrogen and oxygen atoms in total. The van der Waals surface area contributed by atoms with Crippen LogP contribution in [0.2, 0.25) is 0 Å². The molecule has 0 aromatic rings. The maximum absolute atomic E-state index is 11.3. The molecule has 0 saturated carbocycles. The molecule has 0 spiro atoms. The average Bonchev–Trinajstić information content (AvgIpc) is 2.32. The van der Waals surface area contributed by atoms with Crippen LogP contribution in [0.4, 0.5) is 0 Å². The van der Waals surface area contributed by atoms with E-state index in [2.05, 4.69) is 0 Å². The summed E-state index contributed by atoms with van der Waals surface area (Å²) in [4.78, 5) is 24.6. The third kappa shape index (κ3) is 1.64. The van der Waals surface area contributed by atoms with Crippen LogP contribution in [0.5, 0.6) is 0 Å². The Bertz CT molecular complexity index is 233. The molecule has 1 heterocycles. The summed E-state index contributed by atoms with van der Waals surface area (Å²) in [5.74, 6) is -0.168. The zero-order valence-electron chi connectivity index (χ0n) is 7.28. The molecule has 0 aliphatic carbocycles. The van der Waals surface area contributed by atoms with E-state index < -0.39 is 0 Å². The maximum atomic E-state index is 11.3. The highest BCUT2D eigenvalue weighted by Crippen LogP contribution is 2.14. The number of carbonyl (C=O) groups is 2. The second-order valence-electron chi connectivity index (χ2n) is 2.97. The molecule has 1 saturated heterocycles. The topological polar surface area (TPSA) is 40.6 Å². The summed E-state index contributed by atoms with van der Waals surface area (Å²) < 4.78 is 0. The third-order valence-corrected chi connectivity index (χ3v) is 1.70. The van der Waals surface area contributed by atoms with E-state index >= 15 is 0 Å². The minimum Gasteiger partial charge on any atom is -0.383 e. The molecular weight excluding hydrogens is 156 g/mol. The van der Waals surface area contributed by atoms with E-state index in [4.69, 9.17) is 0 Å². The van der Waals surface area contributed by atoms with Gasteiger partial charge in [0.2, 0.25) is 6.41 Å². The number of hydrogen-bond donors (Lipinski definition) is 0. The number of nitrogens with zero attached hydrogens (tertiary/aromatic N) is 2. The number of imide groups is 1. The number of rotatable bonds is 2. The molecule has 0 radical (unpaired) electrons. The first-order valence-corrected chi connectivity index (χ1v) is 3.78. The number of likely N-dealkylation sites (tertiary alicyclic amines) is 1. The summed E-state index contributed by atoms with van der Waals surface area (Å²) in [7, 11) is 3.70. The monoisotopic (exact) mass is 168 g/mol. The molecule has 0 aromatic heterocycles. The second-order valence-corrected chi connectivity index (χ2v) is 2.97. The van der Waals surface area contributed by atoms with Crippen molar-refractivity contribution in [2.45, 2.75) is 6.42 Å². The van der Waals surface area contributed by atoms with Gasteiger partial charge in [-0.2, -0.15) is 0 Å². The summed E-state index contributed by atoms with van der Waals surface area (Å²) >= 11 is 0. The Labute approximate surface area is 71.4 Å². The number of amides is 2. The maximum Gasteiger partial charge on any atom is 0.257 e. The van der Waals surface area contributed by atoms with Gasteiger partial charge < -0.3 is 4.90 Å². The molecule has 0 aromatic carbocycles. The molecule has 12 heavy (non-hydrogen) atoms. The van der Waals surface area contributed by atoms with Crippen molar-refractivity contribution in [2.24, 2.45) is 0 Å². The van der Waals surface area contributed by atoms with E-state index in [0.717, 1.165) is 0 Å². The summed E-state index contributed by atoms with van der Waals surface area (Å²) in [6, 6.07) is 0. The molecule has 1 fully saturated rings. The van der Waals surface area contributed by atoms with Gasteiger partial charge >= 0.3 is 0 Å². The lowest BCUT2D eigenvalue weighted by Gasteiger charge is -2.06. The van der Waals surface area contributed by atoms with Crippen LogP contribution < -0.4 is 0 Å². The molecule has 0 bridgehead atoms. The highest BCUT2D eigenvalue weighted by atomic mass is 16.2. The van der Waals surface area contributed by atoms with Crippen molar-refractivity contribution >= 4 is 12.3 Å². The zero-order valence-corrected chi connectivity index (χ0v) is 7.28. The van der Waals surface area contributed by atoms with Gasteiger partial charge in [-0.15, -0.1) is 0 Å². The molecule has 2 amide bonds. The largest absolute Gasteiger partial charge is 0.383 e. The van der Waals surface area contributed by atoms with Crippen LogP contribution in [0.1, 0.15) is 6.42 Å². The van der Waals surface area contributed by atoms with E-state index in [9.17, 15) is 9.59 Å². The van der Waals surface area contributed by atoms with Gasteiger partial charge in [0, 0.05) is 32.4 Å². The van der Waals surface area contributed by atoms with E-state index in [0.29, 0.717) is 24.9 Å². The first kappa shape index (κ1) is 8.77. The van der Waals surface area contributed by atoms with Gasteiger partial charge in [-0.3, -0.25) is 14.5 Å². The van der Waals surface area contributed by atoms with Gasteiger partial charge in [-0.25, -0.2) is 0 Å². The van der Waals surface area contributed by atoms with Crippen LogP contribution >= 0.6 is 0 Å². The van der Waals surface area contributed by atoms with Crippen LogP contribution in [0, 0.1) is 0 Å². The van der Waals surface area contributed by atoms with E-state index in [1.54, 1.807) is 6.20 Å². The third-order valence-electron chi connectivity index (χ3n) is 1.70. The number of hydrogen-bond acceptors (Lipinski definition) is 3. The van der Waals surface area contributed by atoms with Crippen molar-refractivity contribution in [1.29, 1.82) is 0 Å². The van der Waals surface area contributed by atoms with E-state index in [1.165, 1.54) is 4.90 Å². The van der Waals surface area contributed by atoms with Crippen molar-refractivity contribution in [1.82, 2.24) is 9.80 Å². The van der Waals surface area contributed by atoms with Gasteiger partial charge in [-0.1, -0.05) is 0 Å². The SMILES string of the molecule is CN(C)C=C1CCN(C=O)C1=O. The first-order chi connectivity index (χ1) is 5.65. The molecular formula is C8H12N2O2. The van der Waals surface area contributed by atoms with Crippen molar-refractivity contribution in [3.05, 3.63) is 11.8 Å². The lowest BCUT2D eigenvalue weighted by molar-refractivity contribution is -0.132. The molecule has 1 rings (SSSR count). The van der Waals surface area contributed by atoms with E-state index in [1.807, 2.05) is 19.0 Å². The minimum absolute atomic E-state index is 0.168. The van der Waals surface area contributed by atoms with Crippen LogP contribution in [0.3, 0.4) is 0 Å². The van der Waals surface area contributed by atoms with Crippen molar-refractivity contribution in [2.75, 3.05) is 20.6 Å². The molecule has 66 valence electrons. The van der Waals surface area contributed by atoms with Crippen molar-refractivity contribution in [3.63, 3.8) is 0 Å². The Morgan fingerprint density at radius 3 is 2.58 bits per heavy atom. The Morgan fingerprint density at radius 2 is 2.17 bits per heavy atom. The predicted octanol–water partition coefficient (Wildman–Crippen LogP) is -0.179. The Hall–Kier alpha value is -1.32. The summed E-state index contributed by atoms with van der Waals surface area (Å²) in [6.07, 6.45) is 3.00. The zero-order chi connectivity index (χ0) is 9.14. The molecule has 1 aliphatic rings. The molecule has 0 N–H and O–H groups in total. The van der Waals surface area contributed by atoms with Gasteiger partial charge in [0.15, 0.2) is 0 Å². The summed E-state index contributed by atoms with van der Waals surface area (Å²) in [5, 5.41) is 0. The predicted molar refractivity (Wildman–Crippen MR) is 44.2 cm³/mol.